The monoisotopic (exact) mass is 377 g/mol. The summed E-state index contributed by atoms with van der Waals surface area (Å²) < 4.78 is 2.01. The van der Waals surface area contributed by atoms with E-state index in [2.05, 4.69) is 22.1 Å². The van der Waals surface area contributed by atoms with E-state index < -0.39 is 4.92 Å². The van der Waals surface area contributed by atoms with Crippen LogP contribution in [0.25, 0.3) is 0 Å². The molecule has 2 aliphatic rings. The molecule has 1 atom stereocenters. The number of nitro groups is 1. The van der Waals surface area contributed by atoms with Crippen molar-refractivity contribution in [3.8, 4) is 5.75 Å². The number of fused-ring (bicyclic) bond motifs is 3. The molecule has 3 heterocycles. The molecule has 0 amide bonds. The fraction of sp³-hybridized carbons (Fsp3) is 0.333. The van der Waals surface area contributed by atoms with Crippen LogP contribution in [0, 0.1) is 10.1 Å². The van der Waals surface area contributed by atoms with Crippen LogP contribution in [0.1, 0.15) is 36.5 Å². The van der Waals surface area contributed by atoms with Crippen LogP contribution >= 0.6 is 23.5 Å². The standard InChI is InChI=1S/C15H15N5O3S2/c1-2-3-4-12-16-17-15-18(12)19-13(25-15)8-24-14(19)9-5-6-11(21)10(7-9)20(22)23/h5-8,14,21H,2-4H2,1H3/t14-/m0/s1. The lowest BCUT2D eigenvalue weighted by Crippen LogP contribution is -2.30. The van der Waals surface area contributed by atoms with Gasteiger partial charge in [-0.1, -0.05) is 31.2 Å². The van der Waals surface area contributed by atoms with Crippen molar-refractivity contribution in [2.24, 2.45) is 0 Å². The summed E-state index contributed by atoms with van der Waals surface area (Å²) >= 11 is 3.12. The van der Waals surface area contributed by atoms with Crippen LogP contribution in [0.15, 0.2) is 33.8 Å². The van der Waals surface area contributed by atoms with Crippen molar-refractivity contribution in [1.29, 1.82) is 0 Å². The van der Waals surface area contributed by atoms with Crippen molar-refractivity contribution in [3.05, 3.63) is 50.1 Å². The van der Waals surface area contributed by atoms with Crippen LogP contribution in [-0.2, 0) is 6.42 Å². The zero-order valence-electron chi connectivity index (χ0n) is 13.3. The quantitative estimate of drug-likeness (QED) is 0.624. The summed E-state index contributed by atoms with van der Waals surface area (Å²) in [5.74, 6) is 0.572. The van der Waals surface area contributed by atoms with Crippen LogP contribution in [0.4, 0.5) is 5.69 Å². The molecule has 1 aromatic heterocycles. The van der Waals surface area contributed by atoms with Gasteiger partial charge in [-0.2, -0.15) is 0 Å². The summed E-state index contributed by atoms with van der Waals surface area (Å²) in [5.41, 5.74) is 0.470. The Hall–Kier alpha value is -2.20. The predicted octanol–water partition coefficient (Wildman–Crippen LogP) is 3.52. The lowest BCUT2D eigenvalue weighted by atomic mass is 10.2. The molecule has 0 radical (unpaired) electrons. The number of benzene rings is 1. The molecule has 10 heteroatoms. The number of unbranched alkanes of at least 4 members (excludes halogenated alkanes) is 1. The molecule has 0 saturated heterocycles. The topological polar surface area (TPSA) is 97.3 Å². The number of aryl methyl sites for hydroxylation is 1. The van der Waals surface area contributed by atoms with E-state index >= 15 is 0 Å². The molecule has 0 aliphatic carbocycles. The summed E-state index contributed by atoms with van der Waals surface area (Å²) in [5, 5.41) is 35.2. The minimum Gasteiger partial charge on any atom is -0.502 e. The Morgan fingerprint density at radius 1 is 1.40 bits per heavy atom. The number of nitro benzene ring substituents is 1. The molecule has 0 saturated carbocycles. The Kier molecular flexibility index (Phi) is 4.08. The van der Waals surface area contributed by atoms with Gasteiger partial charge in [0.15, 0.2) is 11.6 Å². The van der Waals surface area contributed by atoms with E-state index in [0.29, 0.717) is 0 Å². The average molecular weight is 377 g/mol. The maximum atomic E-state index is 11.1. The molecular formula is C15H15N5O3S2. The number of phenols is 1. The molecule has 2 aliphatic heterocycles. The summed E-state index contributed by atoms with van der Waals surface area (Å²) in [6.07, 6.45) is 2.93. The van der Waals surface area contributed by atoms with Gasteiger partial charge in [-0.25, -0.2) is 4.68 Å². The molecule has 25 heavy (non-hydrogen) atoms. The van der Waals surface area contributed by atoms with E-state index in [9.17, 15) is 15.2 Å². The highest BCUT2D eigenvalue weighted by atomic mass is 32.2. The fourth-order valence-electron chi connectivity index (χ4n) is 2.84. The Morgan fingerprint density at radius 3 is 3.00 bits per heavy atom. The van der Waals surface area contributed by atoms with Gasteiger partial charge in [0.05, 0.1) is 4.92 Å². The van der Waals surface area contributed by atoms with Crippen LogP contribution in [-0.4, -0.2) is 24.9 Å². The number of aromatic hydroxyl groups is 1. The largest absolute Gasteiger partial charge is 0.502 e. The van der Waals surface area contributed by atoms with Gasteiger partial charge in [-0.05, 0) is 29.8 Å². The van der Waals surface area contributed by atoms with Gasteiger partial charge in [0.1, 0.15) is 10.4 Å². The third-order valence-corrected chi connectivity index (χ3v) is 6.26. The predicted molar refractivity (Wildman–Crippen MR) is 95.9 cm³/mol. The minimum absolute atomic E-state index is 0.153. The molecule has 0 fully saturated rings. The van der Waals surface area contributed by atoms with Crippen LogP contribution in [0.3, 0.4) is 0 Å². The molecule has 0 spiro atoms. The SMILES string of the molecule is CCCCc1nnc2n1N1C(=CS[C@H]1c1ccc(O)c([N+](=O)[O-])c1)S2. The highest BCUT2D eigenvalue weighted by Crippen LogP contribution is 2.51. The number of rotatable bonds is 5. The van der Waals surface area contributed by atoms with Crippen LogP contribution < -0.4 is 5.01 Å². The van der Waals surface area contributed by atoms with Gasteiger partial charge < -0.3 is 5.11 Å². The zero-order valence-corrected chi connectivity index (χ0v) is 15.0. The molecule has 8 nitrogen and oxygen atoms in total. The Morgan fingerprint density at radius 2 is 2.24 bits per heavy atom. The normalized spacial score (nSPS) is 18.2. The van der Waals surface area contributed by atoms with Gasteiger partial charge in [0.25, 0.3) is 0 Å². The second-order valence-electron chi connectivity index (χ2n) is 5.71. The summed E-state index contributed by atoms with van der Waals surface area (Å²) in [6.45, 7) is 2.13. The maximum absolute atomic E-state index is 11.1. The van der Waals surface area contributed by atoms with E-state index in [4.69, 9.17) is 0 Å². The van der Waals surface area contributed by atoms with E-state index in [1.165, 1.54) is 12.1 Å². The third kappa shape index (κ3) is 2.65. The lowest BCUT2D eigenvalue weighted by molar-refractivity contribution is -0.385. The maximum Gasteiger partial charge on any atom is 0.311 e. The first-order chi connectivity index (χ1) is 12.1. The van der Waals surface area contributed by atoms with E-state index in [1.54, 1.807) is 29.6 Å². The number of thioether (sulfide) groups is 2. The number of aromatic nitrogens is 3. The van der Waals surface area contributed by atoms with Crippen molar-refractivity contribution < 1.29 is 10.0 Å². The number of nitrogens with zero attached hydrogens (tertiary/aromatic N) is 5. The first kappa shape index (κ1) is 16.3. The fourth-order valence-corrected chi connectivity index (χ4v) is 5.08. The molecule has 4 rings (SSSR count). The second-order valence-corrected chi connectivity index (χ2v) is 7.65. The summed E-state index contributed by atoms with van der Waals surface area (Å²) in [7, 11) is 0. The van der Waals surface area contributed by atoms with Crippen LogP contribution in [0.5, 0.6) is 5.75 Å². The van der Waals surface area contributed by atoms with Crippen molar-refractivity contribution in [1.82, 2.24) is 14.9 Å². The first-order valence-corrected chi connectivity index (χ1v) is 9.60. The number of hydrogen-bond acceptors (Lipinski definition) is 8. The Labute approximate surface area is 152 Å². The van der Waals surface area contributed by atoms with E-state index in [0.717, 1.165) is 40.8 Å². The van der Waals surface area contributed by atoms with Crippen molar-refractivity contribution in [2.45, 2.75) is 36.7 Å². The van der Waals surface area contributed by atoms with E-state index in [-0.39, 0.29) is 16.8 Å². The van der Waals surface area contributed by atoms with Crippen LogP contribution in [0.2, 0.25) is 0 Å². The summed E-state index contributed by atoms with van der Waals surface area (Å²) in [4.78, 5) is 10.6. The molecule has 2 aromatic rings. The Balaban J connectivity index is 1.71. The minimum atomic E-state index is -0.567. The van der Waals surface area contributed by atoms with Gasteiger partial charge in [0.2, 0.25) is 5.16 Å². The first-order valence-electron chi connectivity index (χ1n) is 7.84. The second kappa shape index (κ2) is 6.26. The summed E-state index contributed by atoms with van der Waals surface area (Å²) in [6, 6.07) is 4.53. The van der Waals surface area contributed by atoms with Crippen molar-refractivity contribution >= 4 is 29.2 Å². The smallest absolute Gasteiger partial charge is 0.311 e. The van der Waals surface area contributed by atoms with Gasteiger partial charge in [-0.3, -0.25) is 15.1 Å². The number of phenolic OH excluding ortho intramolecular Hbond substituents is 1. The highest BCUT2D eigenvalue weighted by molar-refractivity contribution is 8.07. The van der Waals surface area contributed by atoms with Gasteiger partial charge >= 0.3 is 5.69 Å². The molecule has 0 unspecified atom stereocenters. The lowest BCUT2D eigenvalue weighted by Gasteiger charge is -2.25. The molecule has 1 aromatic carbocycles. The average Bonchev–Trinajstić information content (AvgIpc) is 3.24. The van der Waals surface area contributed by atoms with Crippen molar-refractivity contribution in [2.75, 3.05) is 5.01 Å². The molecule has 1 N–H and O–H groups in total. The molecule has 130 valence electrons. The molecular weight excluding hydrogens is 362 g/mol. The zero-order chi connectivity index (χ0) is 17.6. The Bertz CT molecular complexity index is 882. The highest BCUT2D eigenvalue weighted by Gasteiger charge is 2.40. The van der Waals surface area contributed by atoms with Gasteiger partial charge in [0, 0.05) is 17.9 Å². The van der Waals surface area contributed by atoms with E-state index in [1.807, 2.05) is 10.1 Å². The number of hydrogen-bond donors (Lipinski definition) is 1. The van der Waals surface area contributed by atoms with Gasteiger partial charge in [-0.15, -0.1) is 10.2 Å². The third-order valence-electron chi connectivity index (χ3n) is 4.07. The van der Waals surface area contributed by atoms with Crippen molar-refractivity contribution in [3.63, 3.8) is 0 Å². The molecule has 0 bridgehead atoms.